The predicted octanol–water partition coefficient (Wildman–Crippen LogP) is -1.15. The van der Waals surface area contributed by atoms with Gasteiger partial charge in [-0.05, 0) is 5.53 Å². The van der Waals surface area contributed by atoms with Crippen LogP contribution in [0.1, 0.15) is 0 Å². The number of carbonyl (C=O) groups excluding carboxylic acids is 1. The summed E-state index contributed by atoms with van der Waals surface area (Å²) in [6.07, 6.45) is 0. The Morgan fingerprint density at radius 1 is 1.80 bits per heavy atom. The van der Waals surface area contributed by atoms with Crippen molar-refractivity contribution in [3.8, 4) is 0 Å². The van der Waals surface area contributed by atoms with E-state index in [0.717, 1.165) is 5.06 Å². The van der Waals surface area contributed by atoms with Crippen LogP contribution in [0.15, 0.2) is 5.11 Å². The Balaban J connectivity index is 2.50. The normalized spacial score (nSPS) is 24.3. The van der Waals surface area contributed by atoms with E-state index in [9.17, 15) is 9.59 Å². The van der Waals surface area contributed by atoms with Crippen molar-refractivity contribution in [1.29, 1.82) is 0 Å². The largest absolute Gasteiger partial charge is 0.479 e. The fourth-order valence-corrected chi connectivity index (χ4v) is 1.13. The van der Waals surface area contributed by atoms with Crippen molar-refractivity contribution in [1.82, 2.24) is 5.06 Å². The molecule has 0 aliphatic carbocycles. The Morgan fingerprint density at radius 2 is 2.47 bits per heavy atom. The highest BCUT2D eigenvalue weighted by atomic mass is 16.7. The van der Waals surface area contributed by atoms with Crippen molar-refractivity contribution in [2.24, 2.45) is 10.8 Å². The second-order valence-electron chi connectivity index (χ2n) is 2.84. The number of carboxylic acid groups (broad SMARTS) is 1. The number of hydrogen-bond acceptors (Lipinski definition) is 5. The first-order valence-corrected chi connectivity index (χ1v) is 4.02. The van der Waals surface area contributed by atoms with Gasteiger partial charge in [0.15, 0.2) is 6.61 Å². The first kappa shape index (κ1) is 11.2. The Hall–Kier alpha value is -1.83. The van der Waals surface area contributed by atoms with Crippen LogP contribution in [0.25, 0.3) is 10.4 Å². The number of hydroxylamine groups is 2. The van der Waals surface area contributed by atoms with Gasteiger partial charge in [0.05, 0.1) is 12.6 Å². The molecule has 82 valence electrons. The lowest BCUT2D eigenvalue weighted by Gasteiger charge is -2.42. The molecule has 15 heavy (non-hydrogen) atoms. The lowest BCUT2D eigenvalue weighted by Crippen LogP contribution is -2.69. The van der Waals surface area contributed by atoms with Crippen LogP contribution in [0.2, 0.25) is 0 Å². The Labute approximate surface area is 84.0 Å². The van der Waals surface area contributed by atoms with Crippen LogP contribution in [-0.2, 0) is 14.4 Å². The average Bonchev–Trinajstić information content (AvgIpc) is 2.21. The highest BCUT2D eigenvalue weighted by Gasteiger charge is 2.46. The van der Waals surface area contributed by atoms with E-state index >= 15 is 0 Å². The molecule has 2 atom stereocenters. The molecule has 3 N–H and O–H groups in total. The van der Waals surface area contributed by atoms with Crippen molar-refractivity contribution < 1.29 is 19.5 Å². The van der Waals surface area contributed by atoms with Crippen molar-refractivity contribution in [2.45, 2.75) is 12.1 Å². The van der Waals surface area contributed by atoms with E-state index in [0.29, 0.717) is 0 Å². The van der Waals surface area contributed by atoms with Crippen molar-refractivity contribution in [3.05, 3.63) is 10.4 Å². The lowest BCUT2D eigenvalue weighted by molar-refractivity contribution is -0.232. The molecule has 0 aromatic heterocycles. The van der Waals surface area contributed by atoms with E-state index in [2.05, 4.69) is 14.9 Å². The van der Waals surface area contributed by atoms with Crippen molar-refractivity contribution in [2.75, 3.05) is 13.2 Å². The van der Waals surface area contributed by atoms with E-state index in [1.165, 1.54) is 0 Å². The van der Waals surface area contributed by atoms with Gasteiger partial charge >= 0.3 is 5.97 Å². The zero-order chi connectivity index (χ0) is 11.4. The summed E-state index contributed by atoms with van der Waals surface area (Å²) >= 11 is 0. The van der Waals surface area contributed by atoms with Gasteiger partial charge in [-0.3, -0.25) is 9.63 Å². The number of carbonyl (C=O) groups is 2. The van der Waals surface area contributed by atoms with Crippen molar-refractivity contribution >= 4 is 11.9 Å². The zero-order valence-corrected chi connectivity index (χ0v) is 7.61. The Morgan fingerprint density at radius 3 is 3.00 bits per heavy atom. The number of hydrogen-bond donors (Lipinski definition) is 2. The summed E-state index contributed by atoms with van der Waals surface area (Å²) in [5, 5.41) is 12.4. The number of nitrogens with zero attached hydrogens (tertiary/aromatic N) is 4. The SMILES string of the molecule is [N-]=[N+]=NCC1C(N)C(=O)N1OCC(=O)O. The van der Waals surface area contributed by atoms with Crippen molar-refractivity contribution in [3.63, 3.8) is 0 Å². The molecule has 0 radical (unpaired) electrons. The summed E-state index contributed by atoms with van der Waals surface area (Å²) in [5.41, 5.74) is 13.5. The number of amides is 1. The predicted molar refractivity (Wildman–Crippen MR) is 46.2 cm³/mol. The maximum absolute atomic E-state index is 11.1. The number of β-lactam (4-membered cyclic amide) rings is 1. The molecule has 1 aliphatic rings. The fourth-order valence-electron chi connectivity index (χ4n) is 1.13. The maximum atomic E-state index is 11.1. The van der Waals surface area contributed by atoms with Crippen LogP contribution in [0.4, 0.5) is 0 Å². The van der Waals surface area contributed by atoms with E-state index < -0.39 is 30.6 Å². The van der Waals surface area contributed by atoms with Gasteiger partial charge in [-0.25, -0.2) is 9.86 Å². The molecular weight excluding hydrogens is 206 g/mol. The summed E-state index contributed by atoms with van der Waals surface area (Å²) in [4.78, 5) is 28.4. The summed E-state index contributed by atoms with van der Waals surface area (Å²) in [7, 11) is 0. The van der Waals surface area contributed by atoms with Gasteiger partial charge < -0.3 is 10.8 Å². The van der Waals surface area contributed by atoms with Gasteiger partial charge in [0.25, 0.3) is 5.91 Å². The fraction of sp³-hybridized carbons (Fsp3) is 0.667. The molecule has 1 saturated heterocycles. The molecule has 2 unspecified atom stereocenters. The minimum atomic E-state index is -1.20. The first-order valence-electron chi connectivity index (χ1n) is 4.02. The molecule has 1 heterocycles. The Kier molecular flexibility index (Phi) is 3.45. The number of carboxylic acids is 1. The minimum Gasteiger partial charge on any atom is -0.479 e. The lowest BCUT2D eigenvalue weighted by atomic mass is 10.00. The highest BCUT2D eigenvalue weighted by molar-refractivity contribution is 5.88. The minimum absolute atomic E-state index is 0.0387. The molecule has 0 aromatic carbocycles. The Bertz CT molecular complexity index is 325. The summed E-state index contributed by atoms with van der Waals surface area (Å²) in [6, 6.07) is -1.39. The van der Waals surface area contributed by atoms with Gasteiger partial charge in [-0.15, -0.1) is 0 Å². The third kappa shape index (κ3) is 2.34. The molecule has 9 heteroatoms. The van der Waals surface area contributed by atoms with Gasteiger partial charge in [-0.2, -0.15) is 0 Å². The second kappa shape index (κ2) is 4.60. The zero-order valence-electron chi connectivity index (χ0n) is 7.61. The topological polar surface area (TPSA) is 142 Å². The van der Waals surface area contributed by atoms with Crippen LogP contribution in [0, 0.1) is 0 Å². The van der Waals surface area contributed by atoms with Crippen LogP contribution in [-0.4, -0.2) is 47.3 Å². The number of azide groups is 1. The van der Waals surface area contributed by atoms with Gasteiger partial charge in [0.1, 0.15) is 6.04 Å². The van der Waals surface area contributed by atoms with Gasteiger partial charge in [-0.1, -0.05) is 5.11 Å². The van der Waals surface area contributed by atoms with E-state index in [4.69, 9.17) is 16.4 Å². The monoisotopic (exact) mass is 215 g/mol. The number of rotatable bonds is 5. The smallest absolute Gasteiger partial charge is 0.332 e. The molecule has 1 amide bonds. The number of nitrogens with two attached hydrogens (primary N) is 1. The van der Waals surface area contributed by atoms with Crippen LogP contribution >= 0.6 is 0 Å². The van der Waals surface area contributed by atoms with E-state index in [-0.39, 0.29) is 6.54 Å². The summed E-state index contributed by atoms with van der Waals surface area (Å²) < 4.78 is 0. The average molecular weight is 215 g/mol. The highest BCUT2D eigenvalue weighted by Crippen LogP contribution is 2.18. The maximum Gasteiger partial charge on any atom is 0.332 e. The molecule has 9 nitrogen and oxygen atoms in total. The standard InChI is InChI=1S/C6H9N5O4/c7-5-3(1-9-10-8)11(6(5)14)15-2-4(12)13/h3,5H,1-2,7H2,(H,12,13). The molecule has 1 rings (SSSR count). The molecule has 0 saturated carbocycles. The third-order valence-electron chi connectivity index (χ3n) is 1.88. The molecular formula is C6H9N5O4. The van der Waals surface area contributed by atoms with Gasteiger partial charge in [0, 0.05) is 4.91 Å². The molecule has 0 bridgehead atoms. The molecule has 0 spiro atoms. The van der Waals surface area contributed by atoms with E-state index in [1.54, 1.807) is 0 Å². The van der Waals surface area contributed by atoms with Crippen LogP contribution < -0.4 is 5.73 Å². The summed E-state index contributed by atoms with van der Waals surface area (Å²) in [6.45, 7) is -0.672. The van der Waals surface area contributed by atoms with Crippen LogP contribution in [0.5, 0.6) is 0 Å². The molecule has 0 aromatic rings. The summed E-state index contributed by atoms with van der Waals surface area (Å²) in [5.74, 6) is -1.72. The molecule has 1 fully saturated rings. The third-order valence-corrected chi connectivity index (χ3v) is 1.88. The second-order valence-corrected chi connectivity index (χ2v) is 2.84. The number of aliphatic carboxylic acids is 1. The first-order chi connectivity index (χ1) is 7.07. The van der Waals surface area contributed by atoms with Crippen LogP contribution in [0.3, 0.4) is 0 Å². The van der Waals surface area contributed by atoms with E-state index in [1.807, 2.05) is 0 Å². The molecule has 1 aliphatic heterocycles. The quantitative estimate of drug-likeness (QED) is 0.257. The van der Waals surface area contributed by atoms with Gasteiger partial charge in [0.2, 0.25) is 0 Å².